The summed E-state index contributed by atoms with van der Waals surface area (Å²) in [5.41, 5.74) is 4.71. The highest BCUT2D eigenvalue weighted by atomic mass is 19.1. The molecule has 174 valence electrons. The van der Waals surface area contributed by atoms with Crippen LogP contribution in [0.1, 0.15) is 48.9 Å². The molecule has 1 saturated carbocycles. The lowest BCUT2D eigenvalue weighted by atomic mass is 9.82. The lowest BCUT2D eigenvalue weighted by Gasteiger charge is -2.44. The molecule has 1 aliphatic carbocycles. The van der Waals surface area contributed by atoms with Crippen LogP contribution in [0.2, 0.25) is 0 Å². The van der Waals surface area contributed by atoms with Gasteiger partial charge in [0, 0.05) is 48.4 Å². The number of fused-ring (bicyclic) bond motifs is 3. The zero-order valence-corrected chi connectivity index (χ0v) is 19.3. The number of hydrogen-bond acceptors (Lipinski definition) is 5. The fourth-order valence-corrected chi connectivity index (χ4v) is 5.54. The van der Waals surface area contributed by atoms with Gasteiger partial charge in [0.05, 0.1) is 30.9 Å². The molecule has 7 heteroatoms. The van der Waals surface area contributed by atoms with Gasteiger partial charge in [-0.05, 0) is 48.9 Å². The van der Waals surface area contributed by atoms with Crippen LogP contribution in [0, 0.1) is 0 Å². The Morgan fingerprint density at radius 1 is 1.21 bits per heavy atom. The van der Waals surface area contributed by atoms with Crippen molar-refractivity contribution in [2.75, 3.05) is 32.1 Å². The molecule has 2 fully saturated rings. The summed E-state index contributed by atoms with van der Waals surface area (Å²) < 4.78 is 21.1. The Morgan fingerprint density at radius 2 is 2.03 bits per heavy atom. The monoisotopic (exact) mass is 449 g/mol. The van der Waals surface area contributed by atoms with Crippen LogP contribution in [0.5, 0.6) is 5.75 Å². The lowest BCUT2D eigenvalue weighted by Crippen LogP contribution is -2.51. The van der Waals surface area contributed by atoms with E-state index in [-0.39, 0.29) is 12.1 Å². The van der Waals surface area contributed by atoms with Crippen molar-refractivity contribution in [3.05, 3.63) is 53.2 Å². The summed E-state index contributed by atoms with van der Waals surface area (Å²) in [7, 11) is 1.73. The number of H-pyrrole nitrogens is 1. The lowest BCUT2D eigenvalue weighted by molar-refractivity contribution is 0.0869. The highest BCUT2D eigenvalue weighted by molar-refractivity contribution is 5.84. The summed E-state index contributed by atoms with van der Waals surface area (Å²) in [6.45, 7) is 4.64. The van der Waals surface area contributed by atoms with Crippen LogP contribution in [0.3, 0.4) is 0 Å². The van der Waals surface area contributed by atoms with E-state index in [1.165, 1.54) is 16.5 Å². The molecule has 33 heavy (non-hydrogen) atoms. The molecule has 0 radical (unpaired) electrons. The van der Waals surface area contributed by atoms with Gasteiger partial charge in [0.25, 0.3) is 0 Å². The predicted molar refractivity (Wildman–Crippen MR) is 129 cm³/mol. The zero-order valence-electron chi connectivity index (χ0n) is 19.3. The summed E-state index contributed by atoms with van der Waals surface area (Å²) >= 11 is 0. The van der Waals surface area contributed by atoms with E-state index in [4.69, 9.17) is 4.74 Å². The summed E-state index contributed by atoms with van der Waals surface area (Å²) in [6.07, 6.45) is 5.14. The average molecular weight is 450 g/mol. The first-order valence-electron chi connectivity index (χ1n) is 12.1. The van der Waals surface area contributed by atoms with Gasteiger partial charge in [0.1, 0.15) is 11.4 Å². The summed E-state index contributed by atoms with van der Waals surface area (Å²) in [6, 6.07) is 11.4. The van der Waals surface area contributed by atoms with Crippen molar-refractivity contribution in [2.24, 2.45) is 0 Å². The fraction of sp³-hybridized carbons (Fsp3) is 0.500. The van der Waals surface area contributed by atoms with Crippen LogP contribution in [-0.4, -0.2) is 59.6 Å². The minimum absolute atomic E-state index is 0.0550. The molecule has 0 unspecified atom stereocenters. The summed E-state index contributed by atoms with van der Waals surface area (Å²) in [5, 5.41) is 15.5. The number of alkyl halides is 1. The average Bonchev–Trinajstić information content (AvgIpc) is 3.32. The largest absolute Gasteiger partial charge is 0.496 e. The van der Waals surface area contributed by atoms with Crippen molar-refractivity contribution in [1.29, 1.82) is 0 Å². The third-order valence-corrected chi connectivity index (χ3v) is 7.72. The van der Waals surface area contributed by atoms with Gasteiger partial charge >= 0.3 is 0 Å². The Labute approximate surface area is 193 Å². The van der Waals surface area contributed by atoms with Gasteiger partial charge in [-0.3, -0.25) is 10.00 Å². The van der Waals surface area contributed by atoms with Crippen LogP contribution in [0.15, 0.2) is 36.5 Å². The molecule has 2 atom stereocenters. The maximum Gasteiger partial charge on any atom is 0.126 e. The van der Waals surface area contributed by atoms with Gasteiger partial charge in [-0.15, -0.1) is 0 Å². The summed E-state index contributed by atoms with van der Waals surface area (Å²) in [5.74, 6) is 0.848. The highest BCUT2D eigenvalue weighted by Crippen LogP contribution is 2.48. The van der Waals surface area contributed by atoms with Crippen LogP contribution < -0.4 is 15.4 Å². The van der Waals surface area contributed by atoms with Gasteiger partial charge in [-0.25, -0.2) is 4.39 Å². The Kier molecular flexibility index (Phi) is 5.07. The van der Waals surface area contributed by atoms with Gasteiger partial charge in [0.15, 0.2) is 0 Å². The van der Waals surface area contributed by atoms with Crippen LogP contribution in [0.25, 0.3) is 10.9 Å². The topological polar surface area (TPSA) is 65.2 Å². The van der Waals surface area contributed by atoms with Crippen molar-refractivity contribution in [1.82, 2.24) is 20.4 Å². The van der Waals surface area contributed by atoms with Crippen molar-refractivity contribution in [3.63, 3.8) is 0 Å². The standard InChI is InChI=1S/C26H32FN5O/c1-3-18-11-21-19(6-7-23-22(21)14-29-31-23)25(32(18)15-26(27)8-9-26)20-5-4-16(10-24(20)33-2)30-17-12-28-13-17/h4-7,10,14,17-18,25,28,30H,3,8-9,11-13,15H2,1-2H3,(H,29,31)/t18-,25+/m1/s1. The second kappa shape index (κ2) is 7.99. The number of aromatic nitrogens is 2. The number of rotatable bonds is 7. The number of hydrogen-bond donors (Lipinski definition) is 3. The van der Waals surface area contributed by atoms with E-state index < -0.39 is 5.67 Å². The highest BCUT2D eigenvalue weighted by Gasteiger charge is 2.48. The van der Waals surface area contributed by atoms with E-state index in [1.54, 1.807) is 7.11 Å². The van der Waals surface area contributed by atoms with Crippen LogP contribution >= 0.6 is 0 Å². The first-order chi connectivity index (χ1) is 16.1. The Morgan fingerprint density at radius 3 is 2.73 bits per heavy atom. The number of nitrogens with zero attached hydrogens (tertiary/aromatic N) is 2. The molecule has 6 rings (SSSR count). The summed E-state index contributed by atoms with van der Waals surface area (Å²) in [4.78, 5) is 2.40. The molecule has 1 saturated heterocycles. The molecular weight excluding hydrogens is 417 g/mol. The van der Waals surface area contributed by atoms with Gasteiger partial charge in [-0.2, -0.15) is 5.10 Å². The number of methoxy groups -OCH3 is 1. The fourth-order valence-electron chi connectivity index (χ4n) is 5.54. The number of halogens is 1. The van der Waals surface area contributed by atoms with E-state index in [1.807, 2.05) is 6.20 Å². The quantitative estimate of drug-likeness (QED) is 0.505. The van der Waals surface area contributed by atoms with E-state index >= 15 is 4.39 Å². The van der Waals surface area contributed by atoms with E-state index in [0.29, 0.717) is 25.4 Å². The van der Waals surface area contributed by atoms with E-state index in [9.17, 15) is 0 Å². The Bertz CT molecular complexity index is 1170. The number of aromatic amines is 1. The molecule has 0 spiro atoms. The third-order valence-electron chi connectivity index (χ3n) is 7.72. The van der Waals surface area contributed by atoms with Crippen molar-refractivity contribution in [2.45, 2.75) is 56.4 Å². The maximum atomic E-state index is 15.2. The SMILES string of the molecule is CC[C@@H]1Cc2c(ccc3[nH]ncc23)[C@@H](c2ccc(NC3CNC3)cc2OC)N1CC1(F)CC1. The molecule has 3 heterocycles. The molecule has 3 N–H and O–H groups in total. The number of nitrogens with one attached hydrogen (secondary N) is 3. The minimum atomic E-state index is -1.06. The number of anilines is 1. The van der Waals surface area contributed by atoms with Crippen LogP contribution in [-0.2, 0) is 6.42 Å². The molecule has 0 amide bonds. The smallest absolute Gasteiger partial charge is 0.126 e. The normalized spacial score (nSPS) is 24.3. The van der Waals surface area contributed by atoms with Crippen molar-refractivity contribution < 1.29 is 9.13 Å². The van der Waals surface area contributed by atoms with E-state index in [0.717, 1.165) is 48.4 Å². The molecule has 2 aliphatic heterocycles. The second-order valence-electron chi connectivity index (χ2n) is 9.91. The molecule has 3 aliphatic rings. The van der Waals surface area contributed by atoms with E-state index in [2.05, 4.69) is 63.0 Å². The number of ether oxygens (including phenoxy) is 1. The van der Waals surface area contributed by atoms with Crippen LogP contribution in [0.4, 0.5) is 10.1 Å². The third kappa shape index (κ3) is 3.67. The van der Waals surface area contributed by atoms with Crippen molar-refractivity contribution in [3.8, 4) is 5.75 Å². The van der Waals surface area contributed by atoms with Gasteiger partial charge < -0.3 is 15.4 Å². The first kappa shape index (κ1) is 20.9. The van der Waals surface area contributed by atoms with Gasteiger partial charge in [0.2, 0.25) is 0 Å². The Hall–Kier alpha value is -2.64. The molecule has 2 aromatic carbocycles. The maximum absolute atomic E-state index is 15.2. The first-order valence-corrected chi connectivity index (χ1v) is 12.1. The van der Waals surface area contributed by atoms with Crippen molar-refractivity contribution >= 4 is 16.6 Å². The zero-order chi connectivity index (χ0) is 22.6. The molecule has 3 aromatic rings. The molecule has 0 bridgehead atoms. The minimum Gasteiger partial charge on any atom is -0.496 e. The number of benzene rings is 2. The molecule has 6 nitrogen and oxygen atoms in total. The molecule has 1 aromatic heterocycles. The van der Waals surface area contributed by atoms with Gasteiger partial charge in [-0.1, -0.05) is 19.1 Å². The predicted octanol–water partition coefficient (Wildman–Crippen LogP) is 4.18. The molecular formula is C26H32FN5O. The Balaban J connectivity index is 1.47. The second-order valence-corrected chi connectivity index (χ2v) is 9.91.